The number of rotatable bonds is 6. The lowest BCUT2D eigenvalue weighted by Gasteiger charge is -2.14. The molecule has 0 radical (unpaired) electrons. The number of anilines is 1. The summed E-state index contributed by atoms with van der Waals surface area (Å²) >= 11 is 12.2. The Labute approximate surface area is 162 Å². The van der Waals surface area contributed by atoms with Gasteiger partial charge in [0.25, 0.3) is 5.91 Å². The van der Waals surface area contributed by atoms with E-state index >= 15 is 0 Å². The zero-order chi connectivity index (χ0) is 19.3. The fourth-order valence-corrected chi connectivity index (χ4v) is 3.02. The van der Waals surface area contributed by atoms with Crippen LogP contribution in [-0.2, 0) is 4.79 Å². The van der Waals surface area contributed by atoms with Gasteiger partial charge >= 0.3 is 0 Å². The molecule has 5 N–H and O–H groups in total. The maximum absolute atomic E-state index is 12.2. The van der Waals surface area contributed by atoms with Crippen LogP contribution >= 0.6 is 23.2 Å². The number of carbonyl (C=O) groups excluding carboxylic acids is 1. The third-order valence-corrected chi connectivity index (χ3v) is 4.17. The number of amides is 1. The number of nitrogen functional groups attached to an aromatic ring is 1. The molecule has 0 heterocycles. The molecule has 0 spiro atoms. The first-order valence-electron chi connectivity index (χ1n) is 7.99. The normalized spacial score (nSPS) is 11.7. The third-order valence-electron chi connectivity index (χ3n) is 3.73. The van der Waals surface area contributed by atoms with Crippen LogP contribution in [0, 0.1) is 0 Å². The minimum absolute atomic E-state index is 0.0337. The van der Waals surface area contributed by atoms with Gasteiger partial charge in [-0.15, -0.1) is 0 Å². The van der Waals surface area contributed by atoms with E-state index in [1.165, 1.54) is 0 Å². The summed E-state index contributed by atoms with van der Waals surface area (Å²) in [4.78, 5) is 16.0. The highest BCUT2D eigenvalue weighted by atomic mass is 35.5. The summed E-state index contributed by atoms with van der Waals surface area (Å²) in [5.74, 6) is -0.394. The fraction of sp³-hybridized carbons (Fsp3) is 0.158. The molecule has 0 aliphatic carbocycles. The Morgan fingerprint density at radius 3 is 2.46 bits per heavy atom. The number of hydrogen-bond donors (Lipinski definition) is 3. The Balaban J connectivity index is 2.55. The first-order valence-corrected chi connectivity index (χ1v) is 8.74. The van der Waals surface area contributed by atoms with Crippen molar-refractivity contribution in [3.05, 3.63) is 57.7 Å². The number of nitrogens with zero attached hydrogens (tertiary/aromatic N) is 1. The van der Waals surface area contributed by atoms with E-state index in [1.54, 1.807) is 30.3 Å². The van der Waals surface area contributed by atoms with Crippen LogP contribution in [0.15, 0.2) is 47.1 Å². The summed E-state index contributed by atoms with van der Waals surface area (Å²) in [6.45, 7) is 5.91. The van der Waals surface area contributed by atoms with Crippen molar-refractivity contribution < 1.29 is 4.79 Å². The van der Waals surface area contributed by atoms with Gasteiger partial charge in [0, 0.05) is 33.4 Å². The van der Waals surface area contributed by atoms with Gasteiger partial charge in [-0.05, 0) is 36.9 Å². The highest BCUT2D eigenvalue weighted by Gasteiger charge is 2.17. The largest absolute Gasteiger partial charge is 0.398 e. The van der Waals surface area contributed by atoms with E-state index in [0.29, 0.717) is 33.4 Å². The molecule has 0 saturated carbocycles. The van der Waals surface area contributed by atoms with Crippen LogP contribution in [-0.4, -0.2) is 19.2 Å². The SMILES string of the molecule is C=N/C(C(=O)NCCC)=C(/N)c1cccc(-c2cc(Cl)cc(Cl)c2)c1N. The molecule has 0 aliphatic rings. The van der Waals surface area contributed by atoms with Gasteiger partial charge in [-0.3, -0.25) is 9.79 Å². The van der Waals surface area contributed by atoms with E-state index in [2.05, 4.69) is 17.0 Å². The summed E-state index contributed by atoms with van der Waals surface area (Å²) in [5, 5.41) is 3.72. The number of halogens is 2. The van der Waals surface area contributed by atoms with Gasteiger partial charge in [0.05, 0.1) is 5.70 Å². The van der Waals surface area contributed by atoms with Crippen molar-refractivity contribution in [3.8, 4) is 11.1 Å². The van der Waals surface area contributed by atoms with Crippen LogP contribution in [0.1, 0.15) is 18.9 Å². The van der Waals surface area contributed by atoms with E-state index in [9.17, 15) is 4.79 Å². The van der Waals surface area contributed by atoms with Crippen LogP contribution in [0.5, 0.6) is 0 Å². The molecule has 2 rings (SSSR count). The Morgan fingerprint density at radius 1 is 1.23 bits per heavy atom. The van der Waals surface area contributed by atoms with Crippen molar-refractivity contribution in [3.63, 3.8) is 0 Å². The van der Waals surface area contributed by atoms with Crippen molar-refractivity contribution in [1.29, 1.82) is 0 Å². The molecular weight excluding hydrogens is 371 g/mol. The number of hydrogen-bond acceptors (Lipinski definition) is 4. The maximum Gasteiger partial charge on any atom is 0.272 e. The van der Waals surface area contributed by atoms with Gasteiger partial charge in [-0.25, -0.2) is 0 Å². The molecular formula is C19H20Cl2N4O. The molecule has 0 fully saturated rings. The van der Waals surface area contributed by atoms with Crippen molar-refractivity contribution in [2.24, 2.45) is 10.7 Å². The first-order chi connectivity index (χ1) is 12.4. The summed E-state index contributed by atoms with van der Waals surface area (Å²) in [6.07, 6.45) is 0.795. The zero-order valence-electron chi connectivity index (χ0n) is 14.4. The molecule has 0 bridgehead atoms. The van der Waals surface area contributed by atoms with Crippen LogP contribution in [0.25, 0.3) is 16.8 Å². The predicted molar refractivity (Wildman–Crippen MR) is 110 cm³/mol. The third kappa shape index (κ3) is 4.36. The second-order valence-electron chi connectivity index (χ2n) is 5.60. The summed E-state index contributed by atoms with van der Waals surface area (Å²) < 4.78 is 0. The van der Waals surface area contributed by atoms with Crippen molar-refractivity contribution in [2.75, 3.05) is 12.3 Å². The number of para-hydroxylation sites is 1. The standard InChI is InChI=1S/C19H20Cl2N4O/c1-3-7-25-19(26)18(24-2)17(23)15-6-4-5-14(16(15)22)11-8-12(20)10-13(21)9-11/h4-6,8-10H,2-3,7,22-23H2,1H3,(H,25,26)/b18-17+. The van der Waals surface area contributed by atoms with Gasteiger partial charge in [-0.1, -0.05) is 48.3 Å². The minimum atomic E-state index is -0.394. The topological polar surface area (TPSA) is 93.5 Å². The van der Waals surface area contributed by atoms with Crippen molar-refractivity contribution in [1.82, 2.24) is 5.32 Å². The number of benzene rings is 2. The first kappa shape index (κ1) is 19.8. The van der Waals surface area contributed by atoms with Gasteiger partial charge in [0.2, 0.25) is 0 Å². The molecule has 7 heteroatoms. The van der Waals surface area contributed by atoms with Gasteiger partial charge in [0.15, 0.2) is 5.70 Å². The predicted octanol–water partition coefficient (Wildman–Crippen LogP) is 4.10. The average Bonchev–Trinajstić information content (AvgIpc) is 2.59. The smallest absolute Gasteiger partial charge is 0.272 e. The number of nitrogens with two attached hydrogens (primary N) is 2. The number of carbonyl (C=O) groups is 1. The number of aliphatic imine (C=N–C) groups is 1. The highest BCUT2D eigenvalue weighted by Crippen LogP contribution is 2.34. The molecule has 26 heavy (non-hydrogen) atoms. The maximum atomic E-state index is 12.2. The second-order valence-corrected chi connectivity index (χ2v) is 6.47. The fourth-order valence-electron chi connectivity index (χ4n) is 2.49. The monoisotopic (exact) mass is 390 g/mol. The molecule has 1 amide bonds. The lowest BCUT2D eigenvalue weighted by atomic mass is 9.98. The number of nitrogens with one attached hydrogen (secondary N) is 1. The van der Waals surface area contributed by atoms with E-state index in [1.807, 2.05) is 13.0 Å². The summed E-state index contributed by atoms with van der Waals surface area (Å²) in [6, 6.07) is 10.5. The molecule has 0 atom stereocenters. The molecule has 136 valence electrons. The van der Waals surface area contributed by atoms with Crippen LogP contribution in [0.3, 0.4) is 0 Å². The van der Waals surface area contributed by atoms with E-state index in [-0.39, 0.29) is 11.4 Å². The molecule has 5 nitrogen and oxygen atoms in total. The Bertz CT molecular complexity index is 858. The van der Waals surface area contributed by atoms with Gasteiger partial charge < -0.3 is 16.8 Å². The van der Waals surface area contributed by atoms with Crippen molar-refractivity contribution in [2.45, 2.75) is 13.3 Å². The quantitative estimate of drug-likeness (QED) is 0.393. The molecule has 0 aliphatic heterocycles. The molecule has 2 aromatic rings. The second kappa shape index (κ2) is 8.74. The average molecular weight is 391 g/mol. The molecule has 0 aromatic heterocycles. The Morgan fingerprint density at radius 2 is 1.88 bits per heavy atom. The Kier molecular flexibility index (Phi) is 6.66. The van der Waals surface area contributed by atoms with E-state index < -0.39 is 5.91 Å². The minimum Gasteiger partial charge on any atom is -0.398 e. The highest BCUT2D eigenvalue weighted by molar-refractivity contribution is 6.35. The molecule has 0 saturated heterocycles. The lowest BCUT2D eigenvalue weighted by molar-refractivity contribution is -0.117. The zero-order valence-corrected chi connectivity index (χ0v) is 15.9. The van der Waals surface area contributed by atoms with Gasteiger partial charge in [-0.2, -0.15) is 0 Å². The summed E-state index contributed by atoms with van der Waals surface area (Å²) in [5.41, 5.74) is 15.0. The van der Waals surface area contributed by atoms with Crippen LogP contribution < -0.4 is 16.8 Å². The molecule has 2 aromatic carbocycles. The van der Waals surface area contributed by atoms with Crippen LogP contribution in [0.2, 0.25) is 10.0 Å². The van der Waals surface area contributed by atoms with E-state index in [4.69, 9.17) is 34.7 Å². The van der Waals surface area contributed by atoms with Gasteiger partial charge in [0.1, 0.15) is 0 Å². The lowest BCUT2D eigenvalue weighted by Crippen LogP contribution is -2.26. The molecule has 0 unspecified atom stereocenters. The Hall–Kier alpha value is -2.50. The van der Waals surface area contributed by atoms with Crippen molar-refractivity contribution >= 4 is 47.2 Å². The summed E-state index contributed by atoms with van der Waals surface area (Å²) in [7, 11) is 0. The van der Waals surface area contributed by atoms with E-state index in [0.717, 1.165) is 12.0 Å². The van der Waals surface area contributed by atoms with Crippen LogP contribution in [0.4, 0.5) is 5.69 Å².